The molecule has 3 rings (SSSR count). The molecule has 1 aromatic heterocycles. The first kappa shape index (κ1) is 20.8. The standard InChI is InChI=1S/C21H24N4O3S/c1-15(18(26)25-21(14-22)10-6-3-7-11-21)28-19(27)17-13-29-20(24-17)23-12-16-8-4-2-5-9-16/h2,4-5,8-9,13,15H,3,6-7,10-12H2,1H3,(H,23,24)(H,25,26)/t15-/m0/s1. The van der Waals surface area contributed by atoms with Gasteiger partial charge in [-0.25, -0.2) is 9.78 Å². The monoisotopic (exact) mass is 412 g/mol. The molecular weight excluding hydrogens is 388 g/mol. The van der Waals surface area contributed by atoms with Crippen LogP contribution >= 0.6 is 11.3 Å². The summed E-state index contributed by atoms with van der Waals surface area (Å²) in [6, 6.07) is 12.1. The number of ether oxygens (including phenoxy) is 1. The maximum Gasteiger partial charge on any atom is 0.358 e. The van der Waals surface area contributed by atoms with Gasteiger partial charge in [-0.05, 0) is 25.3 Å². The van der Waals surface area contributed by atoms with Gasteiger partial charge in [0.05, 0.1) is 6.07 Å². The van der Waals surface area contributed by atoms with E-state index in [0.717, 1.165) is 24.8 Å². The van der Waals surface area contributed by atoms with Crippen LogP contribution in [0.3, 0.4) is 0 Å². The van der Waals surface area contributed by atoms with Gasteiger partial charge in [0.2, 0.25) is 0 Å². The van der Waals surface area contributed by atoms with Crippen molar-refractivity contribution in [3.63, 3.8) is 0 Å². The normalized spacial score (nSPS) is 16.3. The average Bonchev–Trinajstić information content (AvgIpc) is 3.23. The molecule has 7 nitrogen and oxygen atoms in total. The van der Waals surface area contributed by atoms with Crippen LogP contribution in [0.4, 0.5) is 5.13 Å². The van der Waals surface area contributed by atoms with Gasteiger partial charge in [-0.3, -0.25) is 4.79 Å². The Morgan fingerprint density at radius 3 is 2.69 bits per heavy atom. The van der Waals surface area contributed by atoms with E-state index >= 15 is 0 Å². The van der Waals surface area contributed by atoms with Crippen molar-refractivity contribution in [1.29, 1.82) is 5.26 Å². The molecule has 1 atom stereocenters. The Morgan fingerprint density at radius 2 is 2.00 bits per heavy atom. The number of thiazole rings is 1. The third-order valence-electron chi connectivity index (χ3n) is 4.94. The number of benzene rings is 1. The molecule has 1 saturated carbocycles. The molecule has 0 spiro atoms. The number of aromatic nitrogens is 1. The molecule has 1 heterocycles. The first-order chi connectivity index (χ1) is 14.0. The number of hydrogen-bond donors (Lipinski definition) is 2. The second-order valence-electron chi connectivity index (χ2n) is 7.17. The number of hydrogen-bond acceptors (Lipinski definition) is 7. The zero-order valence-electron chi connectivity index (χ0n) is 16.3. The van der Waals surface area contributed by atoms with Crippen LogP contribution in [0, 0.1) is 11.3 Å². The third kappa shape index (κ3) is 5.55. The second-order valence-corrected chi connectivity index (χ2v) is 8.03. The van der Waals surface area contributed by atoms with Gasteiger partial charge in [-0.15, -0.1) is 11.3 Å². The number of amides is 1. The lowest BCUT2D eigenvalue weighted by Gasteiger charge is -2.32. The number of rotatable bonds is 7. The first-order valence-corrected chi connectivity index (χ1v) is 10.6. The average molecular weight is 413 g/mol. The Morgan fingerprint density at radius 1 is 1.28 bits per heavy atom. The fourth-order valence-electron chi connectivity index (χ4n) is 3.25. The summed E-state index contributed by atoms with van der Waals surface area (Å²) in [6.45, 7) is 2.10. The lowest BCUT2D eigenvalue weighted by atomic mass is 9.83. The van der Waals surface area contributed by atoms with Crippen LogP contribution in [0.5, 0.6) is 0 Å². The Balaban J connectivity index is 1.52. The maximum atomic E-state index is 12.4. The molecule has 8 heteroatoms. The maximum absolute atomic E-state index is 12.4. The summed E-state index contributed by atoms with van der Waals surface area (Å²) in [5.74, 6) is -1.12. The summed E-state index contributed by atoms with van der Waals surface area (Å²) in [4.78, 5) is 29.0. The highest BCUT2D eigenvalue weighted by Gasteiger charge is 2.35. The number of carbonyl (C=O) groups excluding carboxylic acids is 2. The van der Waals surface area contributed by atoms with E-state index in [-0.39, 0.29) is 5.69 Å². The van der Waals surface area contributed by atoms with Crippen LogP contribution in [0.1, 0.15) is 55.1 Å². The van der Waals surface area contributed by atoms with E-state index in [0.29, 0.717) is 24.5 Å². The van der Waals surface area contributed by atoms with Crippen molar-refractivity contribution in [1.82, 2.24) is 10.3 Å². The Bertz CT molecular complexity index is 885. The second kappa shape index (κ2) is 9.52. The number of carbonyl (C=O) groups is 2. The van der Waals surface area contributed by atoms with E-state index in [4.69, 9.17) is 4.74 Å². The van der Waals surface area contributed by atoms with Gasteiger partial charge in [-0.1, -0.05) is 49.6 Å². The minimum absolute atomic E-state index is 0.151. The number of esters is 1. The molecule has 1 aromatic carbocycles. The van der Waals surface area contributed by atoms with Gasteiger partial charge in [-0.2, -0.15) is 5.26 Å². The number of nitriles is 1. The van der Waals surface area contributed by atoms with Crippen molar-refractivity contribution in [2.75, 3.05) is 5.32 Å². The van der Waals surface area contributed by atoms with Crippen molar-refractivity contribution < 1.29 is 14.3 Å². The summed E-state index contributed by atoms with van der Waals surface area (Å²) in [5, 5.41) is 17.6. The van der Waals surface area contributed by atoms with E-state index in [9.17, 15) is 14.9 Å². The third-order valence-corrected chi connectivity index (χ3v) is 5.74. The molecule has 1 aliphatic carbocycles. The molecule has 2 N–H and O–H groups in total. The van der Waals surface area contributed by atoms with E-state index in [2.05, 4.69) is 21.7 Å². The molecule has 2 aromatic rings. The van der Waals surface area contributed by atoms with Gasteiger partial charge in [0, 0.05) is 11.9 Å². The minimum Gasteiger partial charge on any atom is -0.448 e. The summed E-state index contributed by atoms with van der Waals surface area (Å²) in [6.07, 6.45) is 3.11. The number of anilines is 1. The lowest BCUT2D eigenvalue weighted by molar-refractivity contribution is -0.130. The summed E-state index contributed by atoms with van der Waals surface area (Å²) in [7, 11) is 0. The van der Waals surface area contributed by atoms with E-state index < -0.39 is 23.5 Å². The fourth-order valence-corrected chi connectivity index (χ4v) is 3.93. The lowest BCUT2D eigenvalue weighted by Crippen LogP contribution is -2.52. The molecule has 0 aliphatic heterocycles. The molecule has 1 amide bonds. The highest BCUT2D eigenvalue weighted by Crippen LogP contribution is 2.27. The van der Waals surface area contributed by atoms with Crippen molar-refractivity contribution in [2.45, 2.75) is 57.2 Å². The summed E-state index contributed by atoms with van der Waals surface area (Å²) >= 11 is 1.30. The molecule has 29 heavy (non-hydrogen) atoms. The van der Waals surface area contributed by atoms with Crippen molar-refractivity contribution in [2.24, 2.45) is 0 Å². The van der Waals surface area contributed by atoms with Crippen molar-refractivity contribution >= 4 is 28.3 Å². The molecule has 1 aliphatic rings. The summed E-state index contributed by atoms with van der Waals surface area (Å²) < 4.78 is 5.26. The quantitative estimate of drug-likeness (QED) is 0.673. The van der Waals surface area contributed by atoms with Crippen molar-refractivity contribution in [3.05, 3.63) is 47.0 Å². The van der Waals surface area contributed by atoms with E-state index in [1.54, 1.807) is 5.38 Å². The first-order valence-electron chi connectivity index (χ1n) is 9.69. The fraction of sp³-hybridized carbons (Fsp3) is 0.429. The zero-order valence-corrected chi connectivity index (χ0v) is 17.1. The largest absolute Gasteiger partial charge is 0.448 e. The molecule has 152 valence electrons. The van der Waals surface area contributed by atoms with Gasteiger partial charge < -0.3 is 15.4 Å². The molecule has 1 fully saturated rings. The highest BCUT2D eigenvalue weighted by atomic mass is 32.1. The SMILES string of the molecule is C[C@H](OC(=O)c1csc(NCc2ccccc2)n1)C(=O)NC1(C#N)CCCCC1. The number of nitrogens with zero attached hydrogens (tertiary/aromatic N) is 2. The Kier molecular flexibility index (Phi) is 6.83. The van der Waals surface area contributed by atoms with Crippen LogP contribution < -0.4 is 10.6 Å². The van der Waals surface area contributed by atoms with Crippen molar-refractivity contribution in [3.8, 4) is 6.07 Å². The van der Waals surface area contributed by atoms with E-state index in [1.165, 1.54) is 18.3 Å². The molecule has 0 bridgehead atoms. The topological polar surface area (TPSA) is 104 Å². The summed E-state index contributed by atoms with van der Waals surface area (Å²) in [5.41, 5.74) is 0.398. The highest BCUT2D eigenvalue weighted by molar-refractivity contribution is 7.13. The predicted octanol–water partition coefficient (Wildman–Crippen LogP) is 3.64. The molecule has 0 saturated heterocycles. The molecular formula is C21H24N4O3S. The zero-order chi connectivity index (χ0) is 20.7. The van der Waals surface area contributed by atoms with Crippen LogP contribution in [-0.2, 0) is 16.1 Å². The smallest absolute Gasteiger partial charge is 0.358 e. The number of nitrogens with one attached hydrogen (secondary N) is 2. The van der Waals surface area contributed by atoms with Gasteiger partial charge >= 0.3 is 5.97 Å². The van der Waals surface area contributed by atoms with Crippen LogP contribution in [0.25, 0.3) is 0 Å². The van der Waals surface area contributed by atoms with Gasteiger partial charge in [0.15, 0.2) is 16.9 Å². The van der Waals surface area contributed by atoms with Gasteiger partial charge in [0.1, 0.15) is 5.54 Å². The van der Waals surface area contributed by atoms with E-state index in [1.807, 2.05) is 30.3 Å². The van der Waals surface area contributed by atoms with Gasteiger partial charge in [0.25, 0.3) is 5.91 Å². The predicted molar refractivity (Wildman–Crippen MR) is 110 cm³/mol. The molecule has 0 radical (unpaired) electrons. The minimum atomic E-state index is -1.00. The van der Waals surface area contributed by atoms with Crippen LogP contribution in [0.2, 0.25) is 0 Å². The van der Waals surface area contributed by atoms with Crippen LogP contribution in [-0.4, -0.2) is 28.5 Å². The Labute approximate surface area is 174 Å². The van der Waals surface area contributed by atoms with Crippen LogP contribution in [0.15, 0.2) is 35.7 Å². The molecule has 0 unspecified atom stereocenters. The Hall–Kier alpha value is -2.92.